The Balaban J connectivity index is 2.65. The molecule has 96 valence electrons. The molecule has 1 rings (SSSR count). The molecule has 2 heteroatoms. The molecule has 0 amide bonds. The van der Waals surface area contributed by atoms with Gasteiger partial charge in [-0.15, -0.1) is 0 Å². The minimum atomic E-state index is -0.666. The van der Waals surface area contributed by atoms with Crippen molar-refractivity contribution < 1.29 is 10.2 Å². The molecule has 0 aliphatic rings. The third-order valence-electron chi connectivity index (χ3n) is 3.62. The second-order valence-electron chi connectivity index (χ2n) is 4.77. The quantitative estimate of drug-likeness (QED) is 0.797. The van der Waals surface area contributed by atoms with Gasteiger partial charge in [0.25, 0.3) is 0 Å². The van der Waals surface area contributed by atoms with Gasteiger partial charge in [0, 0.05) is 6.42 Å². The summed E-state index contributed by atoms with van der Waals surface area (Å²) in [6.07, 6.45) is 1.06. The second-order valence-corrected chi connectivity index (χ2v) is 4.77. The lowest BCUT2D eigenvalue weighted by Crippen LogP contribution is -2.34. The molecule has 0 saturated heterocycles. The van der Waals surface area contributed by atoms with Gasteiger partial charge in [-0.1, -0.05) is 51.0 Å². The molecule has 1 aromatic rings. The van der Waals surface area contributed by atoms with Crippen LogP contribution in [0.4, 0.5) is 0 Å². The number of hydrogen-bond donors (Lipinski definition) is 2. The molecule has 0 spiro atoms. The van der Waals surface area contributed by atoms with Crippen LogP contribution in [0.15, 0.2) is 24.3 Å². The topological polar surface area (TPSA) is 40.5 Å². The molecule has 0 aliphatic heterocycles. The van der Waals surface area contributed by atoms with Crippen molar-refractivity contribution in [2.75, 3.05) is 0 Å². The molecule has 0 radical (unpaired) electrons. The van der Waals surface area contributed by atoms with Crippen molar-refractivity contribution in [2.45, 2.75) is 52.2 Å². The van der Waals surface area contributed by atoms with Crippen molar-refractivity contribution in [2.24, 2.45) is 5.92 Å². The van der Waals surface area contributed by atoms with Crippen LogP contribution < -0.4 is 0 Å². The highest BCUT2D eigenvalue weighted by molar-refractivity contribution is 5.26. The Labute approximate surface area is 104 Å². The number of hydrogen-bond acceptors (Lipinski definition) is 2. The minimum Gasteiger partial charge on any atom is -0.390 e. The summed E-state index contributed by atoms with van der Waals surface area (Å²) in [6, 6.07) is 8.00. The van der Waals surface area contributed by atoms with E-state index in [9.17, 15) is 10.2 Å². The summed E-state index contributed by atoms with van der Waals surface area (Å²) in [7, 11) is 0. The Morgan fingerprint density at radius 2 is 1.65 bits per heavy atom. The Morgan fingerprint density at radius 3 is 2.18 bits per heavy atom. The van der Waals surface area contributed by atoms with Gasteiger partial charge in [-0.25, -0.2) is 0 Å². The zero-order valence-electron chi connectivity index (χ0n) is 11.1. The van der Waals surface area contributed by atoms with Gasteiger partial charge in [-0.3, -0.25) is 0 Å². The van der Waals surface area contributed by atoms with Gasteiger partial charge in [-0.05, 0) is 24.0 Å². The van der Waals surface area contributed by atoms with Crippen LogP contribution in [0.25, 0.3) is 0 Å². The number of rotatable bonds is 6. The van der Waals surface area contributed by atoms with Gasteiger partial charge in [0.05, 0.1) is 12.2 Å². The van der Waals surface area contributed by atoms with E-state index in [4.69, 9.17) is 0 Å². The van der Waals surface area contributed by atoms with E-state index in [1.807, 2.05) is 31.2 Å². The fourth-order valence-electron chi connectivity index (χ4n) is 2.27. The Kier molecular flexibility index (Phi) is 5.66. The van der Waals surface area contributed by atoms with Gasteiger partial charge in [0.15, 0.2) is 0 Å². The van der Waals surface area contributed by atoms with Crippen LogP contribution in [0.5, 0.6) is 0 Å². The summed E-state index contributed by atoms with van der Waals surface area (Å²) in [6.45, 7) is 6.14. The number of aliphatic hydroxyl groups excluding tert-OH is 2. The first-order chi connectivity index (χ1) is 8.10. The van der Waals surface area contributed by atoms with Crippen molar-refractivity contribution in [3.63, 3.8) is 0 Å². The van der Waals surface area contributed by atoms with E-state index in [0.29, 0.717) is 6.42 Å². The second kappa shape index (κ2) is 6.77. The lowest BCUT2D eigenvalue weighted by atomic mass is 9.89. The van der Waals surface area contributed by atoms with E-state index in [1.165, 1.54) is 5.56 Å². The maximum absolute atomic E-state index is 10.1. The molecule has 0 saturated carbocycles. The summed E-state index contributed by atoms with van der Waals surface area (Å²) in [5.41, 5.74) is 2.29. The van der Waals surface area contributed by atoms with Gasteiger partial charge in [-0.2, -0.15) is 0 Å². The summed E-state index contributed by atoms with van der Waals surface area (Å²) < 4.78 is 0. The van der Waals surface area contributed by atoms with E-state index in [-0.39, 0.29) is 5.92 Å². The highest BCUT2D eigenvalue weighted by atomic mass is 16.3. The summed E-state index contributed by atoms with van der Waals surface area (Å²) in [5.74, 6) is 0.189. The SMILES string of the molecule is CCC(CC)C(O)C(O)Cc1ccccc1C. The van der Waals surface area contributed by atoms with Gasteiger partial charge in [0.2, 0.25) is 0 Å². The standard InChI is InChI=1S/C15H24O2/c1-4-12(5-2)15(17)14(16)10-13-9-7-6-8-11(13)3/h6-9,12,14-17H,4-5,10H2,1-3H3. The molecule has 2 atom stereocenters. The summed E-state index contributed by atoms with van der Waals surface area (Å²) in [5, 5.41) is 20.2. The zero-order valence-corrected chi connectivity index (χ0v) is 11.1. The average Bonchev–Trinajstić information content (AvgIpc) is 2.33. The molecular weight excluding hydrogens is 212 g/mol. The van der Waals surface area contributed by atoms with Crippen molar-refractivity contribution in [3.8, 4) is 0 Å². The number of aliphatic hydroxyl groups is 2. The van der Waals surface area contributed by atoms with E-state index >= 15 is 0 Å². The number of benzene rings is 1. The number of aryl methyl sites for hydroxylation is 1. The minimum absolute atomic E-state index is 0.189. The molecule has 17 heavy (non-hydrogen) atoms. The molecular formula is C15H24O2. The maximum atomic E-state index is 10.1. The highest BCUT2D eigenvalue weighted by Gasteiger charge is 2.24. The predicted molar refractivity (Wildman–Crippen MR) is 71.0 cm³/mol. The lowest BCUT2D eigenvalue weighted by Gasteiger charge is -2.25. The van der Waals surface area contributed by atoms with Crippen LogP contribution >= 0.6 is 0 Å². The zero-order chi connectivity index (χ0) is 12.8. The van der Waals surface area contributed by atoms with Crippen molar-refractivity contribution in [1.82, 2.24) is 0 Å². The molecule has 0 aliphatic carbocycles. The van der Waals surface area contributed by atoms with Crippen LogP contribution in [0.3, 0.4) is 0 Å². The van der Waals surface area contributed by atoms with Crippen LogP contribution in [-0.4, -0.2) is 22.4 Å². The van der Waals surface area contributed by atoms with Crippen LogP contribution in [-0.2, 0) is 6.42 Å². The fourth-order valence-corrected chi connectivity index (χ4v) is 2.27. The molecule has 0 fully saturated rings. The van der Waals surface area contributed by atoms with E-state index in [0.717, 1.165) is 18.4 Å². The third kappa shape index (κ3) is 3.83. The summed E-state index contributed by atoms with van der Waals surface area (Å²) in [4.78, 5) is 0. The maximum Gasteiger partial charge on any atom is 0.0842 e. The molecule has 0 aromatic heterocycles. The molecule has 0 bridgehead atoms. The van der Waals surface area contributed by atoms with E-state index in [2.05, 4.69) is 13.8 Å². The smallest absolute Gasteiger partial charge is 0.0842 e. The predicted octanol–water partition coefficient (Wildman–Crippen LogP) is 2.70. The van der Waals surface area contributed by atoms with Gasteiger partial charge < -0.3 is 10.2 Å². The summed E-state index contributed by atoms with van der Waals surface area (Å²) >= 11 is 0. The monoisotopic (exact) mass is 236 g/mol. The van der Waals surface area contributed by atoms with Crippen molar-refractivity contribution in [1.29, 1.82) is 0 Å². The third-order valence-corrected chi connectivity index (χ3v) is 3.62. The van der Waals surface area contributed by atoms with Crippen molar-refractivity contribution in [3.05, 3.63) is 35.4 Å². The molecule has 2 nitrogen and oxygen atoms in total. The first-order valence-corrected chi connectivity index (χ1v) is 6.50. The molecule has 0 heterocycles. The van der Waals surface area contributed by atoms with Crippen LogP contribution in [0.1, 0.15) is 37.8 Å². The van der Waals surface area contributed by atoms with Gasteiger partial charge in [0.1, 0.15) is 0 Å². The Hall–Kier alpha value is -0.860. The van der Waals surface area contributed by atoms with Gasteiger partial charge >= 0.3 is 0 Å². The molecule has 2 unspecified atom stereocenters. The first-order valence-electron chi connectivity index (χ1n) is 6.50. The average molecular weight is 236 g/mol. The Morgan fingerprint density at radius 1 is 1.06 bits per heavy atom. The lowest BCUT2D eigenvalue weighted by molar-refractivity contribution is -0.0188. The largest absolute Gasteiger partial charge is 0.390 e. The first kappa shape index (κ1) is 14.2. The highest BCUT2D eigenvalue weighted by Crippen LogP contribution is 2.19. The Bertz CT molecular complexity index is 331. The van der Waals surface area contributed by atoms with E-state index in [1.54, 1.807) is 0 Å². The molecule has 2 N–H and O–H groups in total. The van der Waals surface area contributed by atoms with Crippen LogP contribution in [0, 0.1) is 12.8 Å². The van der Waals surface area contributed by atoms with Crippen LogP contribution in [0.2, 0.25) is 0 Å². The van der Waals surface area contributed by atoms with Crippen molar-refractivity contribution >= 4 is 0 Å². The fraction of sp³-hybridized carbons (Fsp3) is 0.600. The van der Waals surface area contributed by atoms with E-state index < -0.39 is 12.2 Å². The molecule has 1 aromatic carbocycles. The normalized spacial score (nSPS) is 14.9.